The van der Waals surface area contributed by atoms with Crippen LogP contribution in [-0.4, -0.2) is 13.1 Å². The Hall–Kier alpha value is -1.95. The van der Waals surface area contributed by atoms with Gasteiger partial charge in [0, 0.05) is 10.4 Å². The lowest BCUT2D eigenvalue weighted by molar-refractivity contribution is 0.0607. The number of anilines is 1. The third-order valence-corrected chi connectivity index (χ3v) is 4.23. The molecule has 0 saturated heterocycles. The molecule has 0 unspecified atom stereocenters. The molecule has 6 heteroatoms. The number of thiophene rings is 1. The van der Waals surface area contributed by atoms with Crippen LogP contribution in [0.5, 0.6) is 0 Å². The third kappa shape index (κ3) is 2.27. The number of rotatable bonds is 3. The minimum absolute atomic E-state index is 0.105. The molecule has 1 heterocycles. The molecule has 3 nitrogen and oxygen atoms in total. The number of halogens is 2. The Kier molecular flexibility index (Phi) is 4.04. The zero-order chi connectivity index (χ0) is 14.9. The molecule has 0 amide bonds. The van der Waals surface area contributed by atoms with E-state index in [4.69, 9.17) is 5.73 Å². The molecule has 0 aliphatic carbocycles. The van der Waals surface area contributed by atoms with Crippen LogP contribution in [0.2, 0.25) is 0 Å². The predicted molar refractivity (Wildman–Crippen MR) is 74.8 cm³/mol. The molecule has 0 atom stereocenters. The fourth-order valence-corrected chi connectivity index (χ4v) is 3.22. The number of hydrogen-bond donors (Lipinski definition) is 1. The Morgan fingerprint density at radius 3 is 2.70 bits per heavy atom. The van der Waals surface area contributed by atoms with Gasteiger partial charge in [0.15, 0.2) is 11.6 Å². The summed E-state index contributed by atoms with van der Waals surface area (Å²) in [6.07, 6.45) is 0.505. The van der Waals surface area contributed by atoms with Crippen molar-refractivity contribution >= 4 is 23.0 Å². The number of esters is 1. The first-order valence-electron chi connectivity index (χ1n) is 5.95. The summed E-state index contributed by atoms with van der Waals surface area (Å²) in [5.41, 5.74) is 6.91. The summed E-state index contributed by atoms with van der Waals surface area (Å²) in [7, 11) is 1.25. The summed E-state index contributed by atoms with van der Waals surface area (Å²) in [4.78, 5) is 12.3. The van der Waals surface area contributed by atoms with Gasteiger partial charge in [-0.25, -0.2) is 13.6 Å². The number of nitrogen functional groups attached to an aromatic ring is 1. The third-order valence-electron chi connectivity index (χ3n) is 2.97. The van der Waals surface area contributed by atoms with Gasteiger partial charge in [-0.05, 0) is 18.1 Å². The highest BCUT2D eigenvalue weighted by Crippen LogP contribution is 2.40. The van der Waals surface area contributed by atoms with E-state index in [1.54, 1.807) is 0 Å². The minimum Gasteiger partial charge on any atom is -0.465 e. The Morgan fingerprint density at radius 1 is 1.40 bits per heavy atom. The molecule has 0 aliphatic rings. The molecule has 1 aromatic carbocycles. The van der Waals surface area contributed by atoms with Gasteiger partial charge in [0.25, 0.3) is 0 Å². The number of nitrogens with two attached hydrogens (primary N) is 1. The summed E-state index contributed by atoms with van der Waals surface area (Å²) in [5.74, 6) is -2.46. The minimum atomic E-state index is -0.945. The number of ether oxygens (including phenoxy) is 1. The number of carbonyl (C=O) groups excluding carboxylic acids is 1. The van der Waals surface area contributed by atoms with Crippen LogP contribution in [0.4, 0.5) is 14.5 Å². The Bertz CT molecular complexity index is 667. The molecule has 20 heavy (non-hydrogen) atoms. The number of methoxy groups -OCH3 is 1. The van der Waals surface area contributed by atoms with Gasteiger partial charge >= 0.3 is 5.97 Å². The second kappa shape index (κ2) is 5.58. The normalized spacial score (nSPS) is 10.6. The second-order valence-corrected chi connectivity index (χ2v) is 5.12. The lowest BCUT2D eigenvalue weighted by Gasteiger charge is -2.04. The zero-order valence-electron chi connectivity index (χ0n) is 11.0. The average molecular weight is 297 g/mol. The highest BCUT2D eigenvalue weighted by Gasteiger charge is 2.23. The monoisotopic (exact) mass is 297 g/mol. The van der Waals surface area contributed by atoms with Crippen LogP contribution in [0.15, 0.2) is 18.2 Å². The molecular weight excluding hydrogens is 284 g/mol. The maximum Gasteiger partial charge on any atom is 0.350 e. The van der Waals surface area contributed by atoms with Crippen LogP contribution in [0, 0.1) is 11.6 Å². The first-order valence-corrected chi connectivity index (χ1v) is 6.76. The van der Waals surface area contributed by atoms with Gasteiger partial charge in [-0.1, -0.05) is 19.1 Å². The van der Waals surface area contributed by atoms with Gasteiger partial charge in [0.05, 0.1) is 12.8 Å². The molecule has 106 valence electrons. The van der Waals surface area contributed by atoms with E-state index in [0.717, 1.165) is 17.4 Å². The van der Waals surface area contributed by atoms with Crippen molar-refractivity contribution in [3.8, 4) is 10.4 Å². The largest absolute Gasteiger partial charge is 0.465 e. The average Bonchev–Trinajstić information content (AvgIpc) is 2.77. The second-order valence-electron chi connectivity index (χ2n) is 4.10. The maximum absolute atomic E-state index is 13.9. The topological polar surface area (TPSA) is 52.3 Å². The van der Waals surface area contributed by atoms with Gasteiger partial charge in [-0.3, -0.25) is 0 Å². The van der Waals surface area contributed by atoms with E-state index in [1.807, 2.05) is 6.92 Å². The Morgan fingerprint density at radius 2 is 2.10 bits per heavy atom. The quantitative estimate of drug-likeness (QED) is 0.880. The van der Waals surface area contributed by atoms with E-state index in [9.17, 15) is 13.6 Å². The Labute approximate surface area is 119 Å². The van der Waals surface area contributed by atoms with Crippen LogP contribution in [0.1, 0.15) is 22.2 Å². The van der Waals surface area contributed by atoms with E-state index in [1.165, 1.54) is 19.2 Å². The smallest absolute Gasteiger partial charge is 0.350 e. The number of carbonyl (C=O) groups is 1. The van der Waals surface area contributed by atoms with E-state index < -0.39 is 17.6 Å². The molecule has 2 aromatic rings. The van der Waals surface area contributed by atoms with Crippen LogP contribution in [0.25, 0.3) is 10.4 Å². The van der Waals surface area contributed by atoms with E-state index in [2.05, 4.69) is 4.74 Å². The van der Waals surface area contributed by atoms with Crippen molar-refractivity contribution in [3.63, 3.8) is 0 Å². The maximum atomic E-state index is 13.9. The Balaban J connectivity index is 2.68. The van der Waals surface area contributed by atoms with Crippen LogP contribution in [0.3, 0.4) is 0 Å². The predicted octanol–water partition coefficient (Wildman–Crippen LogP) is 3.62. The lowest BCUT2D eigenvalue weighted by atomic mass is 10.1. The molecule has 2 N–H and O–H groups in total. The van der Waals surface area contributed by atoms with E-state index in [-0.39, 0.29) is 16.1 Å². The van der Waals surface area contributed by atoms with Crippen molar-refractivity contribution in [3.05, 3.63) is 40.3 Å². The van der Waals surface area contributed by atoms with Crippen LogP contribution < -0.4 is 5.73 Å². The molecule has 0 saturated carbocycles. The fourth-order valence-electron chi connectivity index (χ4n) is 1.97. The van der Waals surface area contributed by atoms with Crippen molar-refractivity contribution in [2.75, 3.05) is 12.8 Å². The van der Waals surface area contributed by atoms with Crippen molar-refractivity contribution in [2.24, 2.45) is 0 Å². The van der Waals surface area contributed by atoms with Gasteiger partial charge in [-0.2, -0.15) is 0 Å². The zero-order valence-corrected chi connectivity index (χ0v) is 11.8. The van der Waals surface area contributed by atoms with Gasteiger partial charge in [0.2, 0.25) is 0 Å². The molecule has 2 rings (SSSR count). The van der Waals surface area contributed by atoms with E-state index in [0.29, 0.717) is 16.9 Å². The summed E-state index contributed by atoms with van der Waals surface area (Å²) in [5, 5.41) is 0. The molecule has 0 radical (unpaired) electrons. The molecule has 0 bridgehead atoms. The van der Waals surface area contributed by atoms with Crippen molar-refractivity contribution < 1.29 is 18.3 Å². The molecule has 0 spiro atoms. The molecule has 0 aliphatic heterocycles. The highest BCUT2D eigenvalue weighted by atomic mass is 32.1. The van der Waals surface area contributed by atoms with Gasteiger partial charge in [-0.15, -0.1) is 11.3 Å². The SMILES string of the molecule is CCc1c(-c2cccc(F)c2F)sc(C(=O)OC)c1N. The van der Waals surface area contributed by atoms with Crippen LogP contribution >= 0.6 is 11.3 Å². The summed E-state index contributed by atoms with van der Waals surface area (Å²) < 4.78 is 31.9. The molecule has 0 fully saturated rings. The standard InChI is InChI=1S/C14H13F2NO2S/c1-3-7-11(17)13(14(18)19-2)20-12(7)8-5-4-6-9(15)10(8)16/h4-6H,3,17H2,1-2H3. The van der Waals surface area contributed by atoms with Crippen molar-refractivity contribution in [1.82, 2.24) is 0 Å². The highest BCUT2D eigenvalue weighted by molar-refractivity contribution is 7.18. The summed E-state index contributed by atoms with van der Waals surface area (Å²) in [6.45, 7) is 1.83. The lowest BCUT2D eigenvalue weighted by Crippen LogP contribution is -2.02. The van der Waals surface area contributed by atoms with Gasteiger partial charge < -0.3 is 10.5 Å². The van der Waals surface area contributed by atoms with Crippen molar-refractivity contribution in [2.45, 2.75) is 13.3 Å². The van der Waals surface area contributed by atoms with E-state index >= 15 is 0 Å². The summed E-state index contributed by atoms with van der Waals surface area (Å²) in [6, 6.07) is 3.92. The number of benzene rings is 1. The van der Waals surface area contributed by atoms with Crippen molar-refractivity contribution in [1.29, 1.82) is 0 Å². The number of hydrogen-bond acceptors (Lipinski definition) is 4. The first kappa shape index (κ1) is 14.5. The first-order chi connectivity index (χ1) is 9.51. The molecular formula is C14H13F2NO2S. The molecule has 1 aromatic heterocycles. The van der Waals surface area contributed by atoms with Crippen LogP contribution in [-0.2, 0) is 11.2 Å². The van der Waals surface area contributed by atoms with Gasteiger partial charge in [0.1, 0.15) is 4.88 Å². The fraction of sp³-hybridized carbons (Fsp3) is 0.214. The summed E-state index contributed by atoms with van der Waals surface area (Å²) >= 11 is 1.01.